The molecule has 1 aliphatic rings. The quantitative estimate of drug-likeness (QED) is 0.509. The Morgan fingerprint density at radius 3 is 2.47 bits per heavy atom. The van der Waals surface area contributed by atoms with Gasteiger partial charge in [0.15, 0.2) is 5.78 Å². The van der Waals surface area contributed by atoms with Crippen LogP contribution in [0.1, 0.15) is 10.4 Å². The van der Waals surface area contributed by atoms with Crippen LogP contribution in [0.5, 0.6) is 0 Å². The normalized spacial score (nSPS) is 22.1. The molecule has 17 heavy (non-hydrogen) atoms. The van der Waals surface area contributed by atoms with E-state index >= 15 is 0 Å². The van der Waals surface area contributed by atoms with Gasteiger partial charge < -0.3 is 15.3 Å². The number of aliphatic hydroxyl groups is 3. The molecule has 3 N–H and O–H groups in total. The third-order valence-corrected chi connectivity index (χ3v) is 2.65. The molecule has 0 fully saturated rings. The van der Waals surface area contributed by atoms with Gasteiger partial charge in [-0.15, -0.1) is 0 Å². The van der Waals surface area contributed by atoms with Crippen molar-refractivity contribution in [1.82, 2.24) is 0 Å². The van der Waals surface area contributed by atoms with E-state index < -0.39 is 17.7 Å². The van der Waals surface area contributed by atoms with Crippen LogP contribution in [0.15, 0.2) is 54.1 Å². The Hall–Kier alpha value is -1.75. The van der Waals surface area contributed by atoms with E-state index in [1.165, 1.54) is 18.2 Å². The third-order valence-electron chi connectivity index (χ3n) is 2.65. The first-order valence-corrected chi connectivity index (χ1v) is 5.15. The summed E-state index contributed by atoms with van der Waals surface area (Å²) < 4.78 is 0. The summed E-state index contributed by atoms with van der Waals surface area (Å²) in [5.41, 5.74) is 0.104. The minimum absolute atomic E-state index is 0.237. The Bertz CT molecular complexity index is 485. The Morgan fingerprint density at radius 2 is 1.82 bits per heavy atom. The number of allylic oxidation sites excluding steroid dienone is 2. The van der Waals surface area contributed by atoms with Gasteiger partial charge in [-0.1, -0.05) is 42.5 Å². The predicted octanol–water partition coefficient (Wildman–Crippen LogP) is 0.407. The number of Topliss-reactive ketones (excluding diaryl/α,β-unsaturated/α-hetero) is 1. The molecule has 2 rings (SSSR count). The topological polar surface area (TPSA) is 77.8 Å². The third kappa shape index (κ3) is 2.06. The molecule has 1 atom stereocenters. The summed E-state index contributed by atoms with van der Waals surface area (Å²) >= 11 is 0. The van der Waals surface area contributed by atoms with Gasteiger partial charge >= 0.3 is 0 Å². The number of hydrogen-bond acceptors (Lipinski definition) is 4. The number of carbonyl (C=O) groups is 1. The first kappa shape index (κ1) is 11.7. The van der Waals surface area contributed by atoms with Crippen LogP contribution in [0.3, 0.4) is 0 Å². The molecule has 88 valence electrons. The molecule has 1 aliphatic carbocycles. The number of benzene rings is 1. The lowest BCUT2D eigenvalue weighted by Crippen LogP contribution is -2.46. The van der Waals surface area contributed by atoms with E-state index in [9.17, 15) is 20.1 Å². The lowest BCUT2D eigenvalue weighted by atomic mass is 9.89. The van der Waals surface area contributed by atoms with E-state index in [4.69, 9.17) is 0 Å². The van der Waals surface area contributed by atoms with Gasteiger partial charge in [0, 0.05) is 5.56 Å². The van der Waals surface area contributed by atoms with Crippen LogP contribution in [-0.4, -0.2) is 33.0 Å². The fraction of sp³-hybridized carbons (Fsp3) is 0.154. The molecule has 0 bridgehead atoms. The first-order chi connectivity index (χ1) is 8.03. The zero-order valence-corrected chi connectivity index (χ0v) is 8.95. The van der Waals surface area contributed by atoms with Crippen molar-refractivity contribution in [3.63, 3.8) is 0 Å². The summed E-state index contributed by atoms with van der Waals surface area (Å²) in [5, 5.41) is 28.8. The van der Waals surface area contributed by atoms with Gasteiger partial charge in [-0.3, -0.25) is 4.79 Å². The average Bonchev–Trinajstić information content (AvgIpc) is 2.33. The summed E-state index contributed by atoms with van der Waals surface area (Å²) in [6, 6.07) is 8.26. The van der Waals surface area contributed by atoms with Gasteiger partial charge in [-0.25, -0.2) is 0 Å². The summed E-state index contributed by atoms with van der Waals surface area (Å²) in [6.45, 7) is 0. The molecule has 1 aromatic rings. The van der Waals surface area contributed by atoms with Crippen molar-refractivity contribution in [2.75, 3.05) is 0 Å². The van der Waals surface area contributed by atoms with Crippen LogP contribution in [-0.2, 0) is 0 Å². The van der Waals surface area contributed by atoms with Crippen LogP contribution >= 0.6 is 0 Å². The van der Waals surface area contributed by atoms with Crippen molar-refractivity contribution < 1.29 is 20.1 Å². The molecule has 0 heterocycles. The molecule has 4 nitrogen and oxygen atoms in total. The Kier molecular flexibility index (Phi) is 2.93. The van der Waals surface area contributed by atoms with Gasteiger partial charge in [-0.05, 0) is 6.08 Å². The van der Waals surface area contributed by atoms with Crippen LogP contribution in [0.25, 0.3) is 0 Å². The zero-order valence-electron chi connectivity index (χ0n) is 8.95. The molecule has 0 amide bonds. The van der Waals surface area contributed by atoms with E-state index in [-0.39, 0.29) is 5.57 Å². The average molecular weight is 232 g/mol. The number of carbonyl (C=O) groups excluding carboxylic acids is 1. The highest BCUT2D eigenvalue weighted by Crippen LogP contribution is 2.26. The highest BCUT2D eigenvalue weighted by molar-refractivity contribution is 6.10. The van der Waals surface area contributed by atoms with Crippen molar-refractivity contribution in [3.05, 3.63) is 59.7 Å². The Morgan fingerprint density at radius 1 is 1.18 bits per heavy atom. The van der Waals surface area contributed by atoms with Crippen LogP contribution in [0, 0.1) is 0 Å². The molecule has 4 heteroatoms. The minimum Gasteiger partial charge on any atom is -0.383 e. The molecule has 1 unspecified atom stereocenters. The second-order valence-corrected chi connectivity index (χ2v) is 3.83. The molecule has 0 saturated heterocycles. The highest BCUT2D eigenvalue weighted by atomic mass is 16.5. The van der Waals surface area contributed by atoms with Gasteiger partial charge in [0.05, 0.1) is 5.57 Å². The van der Waals surface area contributed by atoms with Gasteiger partial charge in [-0.2, -0.15) is 0 Å². The molecule has 0 aromatic heterocycles. The summed E-state index contributed by atoms with van der Waals surface area (Å²) in [7, 11) is 0. The van der Waals surface area contributed by atoms with Crippen molar-refractivity contribution in [2.45, 2.75) is 11.9 Å². The highest BCUT2D eigenvalue weighted by Gasteiger charge is 2.41. The van der Waals surface area contributed by atoms with Gasteiger partial charge in [0.25, 0.3) is 0 Å². The lowest BCUT2D eigenvalue weighted by molar-refractivity contribution is -0.180. The summed E-state index contributed by atoms with van der Waals surface area (Å²) in [6.07, 6.45) is 2.42. The van der Waals surface area contributed by atoms with E-state index in [0.29, 0.717) is 5.56 Å². The van der Waals surface area contributed by atoms with Gasteiger partial charge in [0.1, 0.15) is 6.10 Å². The molecule has 0 radical (unpaired) electrons. The van der Waals surface area contributed by atoms with Crippen LogP contribution in [0.4, 0.5) is 0 Å². The molecular formula is C13H12O4. The minimum atomic E-state index is -2.54. The van der Waals surface area contributed by atoms with E-state index in [1.54, 1.807) is 30.3 Å². The molecule has 0 aliphatic heterocycles. The fourth-order valence-corrected chi connectivity index (χ4v) is 1.66. The number of aliphatic hydroxyl groups excluding tert-OH is 1. The summed E-state index contributed by atoms with van der Waals surface area (Å²) in [4.78, 5) is 12.0. The second-order valence-electron chi connectivity index (χ2n) is 3.83. The maximum atomic E-state index is 12.0. The summed E-state index contributed by atoms with van der Waals surface area (Å²) in [5.74, 6) is -3.05. The van der Waals surface area contributed by atoms with Crippen molar-refractivity contribution in [2.24, 2.45) is 0 Å². The Balaban J connectivity index is 2.38. The smallest absolute Gasteiger partial charge is 0.224 e. The predicted molar refractivity (Wildman–Crippen MR) is 61.2 cm³/mol. The van der Waals surface area contributed by atoms with E-state index in [0.717, 1.165) is 0 Å². The zero-order chi connectivity index (χ0) is 12.5. The van der Waals surface area contributed by atoms with Crippen molar-refractivity contribution in [3.8, 4) is 0 Å². The standard InChI is InChI=1S/C13H12O4/c14-11-8-4-7-10(13(11,16)17)12(15)9-5-2-1-3-6-9/h1-8,11,14,16-17H. The lowest BCUT2D eigenvalue weighted by Gasteiger charge is -2.29. The van der Waals surface area contributed by atoms with Gasteiger partial charge in [0.2, 0.25) is 5.79 Å². The van der Waals surface area contributed by atoms with E-state index in [1.807, 2.05) is 0 Å². The number of rotatable bonds is 2. The second kappa shape index (κ2) is 4.25. The fourth-order valence-electron chi connectivity index (χ4n) is 1.66. The molecule has 0 saturated carbocycles. The molecule has 1 aromatic carbocycles. The SMILES string of the molecule is O=C(C1=CC=CC(O)C1(O)O)c1ccccc1. The van der Waals surface area contributed by atoms with E-state index in [2.05, 4.69) is 0 Å². The maximum absolute atomic E-state index is 12.0. The monoisotopic (exact) mass is 232 g/mol. The number of hydrogen-bond donors (Lipinski definition) is 3. The largest absolute Gasteiger partial charge is 0.383 e. The van der Waals surface area contributed by atoms with Crippen molar-refractivity contribution >= 4 is 5.78 Å². The Labute approximate surface area is 98.1 Å². The maximum Gasteiger partial charge on any atom is 0.224 e. The van der Waals surface area contributed by atoms with Crippen LogP contribution < -0.4 is 0 Å². The molecule has 0 spiro atoms. The number of ketones is 1. The van der Waals surface area contributed by atoms with Crippen molar-refractivity contribution in [1.29, 1.82) is 0 Å². The molecular weight excluding hydrogens is 220 g/mol. The first-order valence-electron chi connectivity index (χ1n) is 5.15. The van der Waals surface area contributed by atoms with Crippen LogP contribution in [0.2, 0.25) is 0 Å².